The fourth-order valence-electron chi connectivity index (χ4n) is 5.24. The number of rotatable bonds is 2. The molecule has 0 heterocycles. The Morgan fingerprint density at radius 1 is 0.704 bits per heavy atom. The third-order valence-corrected chi connectivity index (χ3v) is 7.53. The summed E-state index contributed by atoms with van der Waals surface area (Å²) in [6, 6.07) is 0. The van der Waals surface area contributed by atoms with Gasteiger partial charge >= 0.3 is 0 Å². The van der Waals surface area contributed by atoms with Crippen LogP contribution in [0.15, 0.2) is 11.1 Å². The molecule has 0 N–H and O–H groups in total. The van der Waals surface area contributed by atoms with E-state index in [0.717, 1.165) is 19.3 Å². The molecule has 0 nitrogen and oxygen atoms in total. The van der Waals surface area contributed by atoms with E-state index in [1.807, 2.05) is 0 Å². The Morgan fingerprint density at radius 3 is 1.85 bits per heavy atom. The Hall–Kier alpha value is -1.82. The van der Waals surface area contributed by atoms with Crippen LogP contribution in [0.1, 0.15) is 80.8 Å². The Kier molecular flexibility index (Phi) is 5.14. The Balaban J connectivity index is 2.79. The maximum atomic E-state index is 2.34. The summed E-state index contributed by atoms with van der Waals surface area (Å²) in [5.41, 5.74) is 15.1. The van der Waals surface area contributed by atoms with Gasteiger partial charge in [-0.25, -0.2) is 0 Å². The first-order valence-corrected chi connectivity index (χ1v) is 10.6. The zero-order valence-electron chi connectivity index (χ0n) is 19.1. The van der Waals surface area contributed by atoms with Crippen LogP contribution in [0.3, 0.4) is 0 Å². The molecule has 0 heteroatoms. The molecule has 1 aliphatic carbocycles. The highest BCUT2D eigenvalue weighted by Gasteiger charge is 2.22. The quantitative estimate of drug-likeness (QED) is 0.580. The number of benzene rings is 2. The van der Waals surface area contributed by atoms with Gasteiger partial charge in [0.05, 0.1) is 0 Å². The Morgan fingerprint density at radius 2 is 1.30 bits per heavy atom. The van der Waals surface area contributed by atoms with E-state index in [9.17, 15) is 0 Å². The summed E-state index contributed by atoms with van der Waals surface area (Å²) < 4.78 is 0. The lowest BCUT2D eigenvalue weighted by Gasteiger charge is -2.26. The van der Waals surface area contributed by atoms with E-state index < -0.39 is 0 Å². The van der Waals surface area contributed by atoms with Crippen LogP contribution in [0.25, 0.3) is 21.9 Å². The molecule has 0 radical (unpaired) electrons. The molecule has 0 unspecified atom stereocenters. The number of allylic oxidation sites excluding steroid dienone is 2. The average Bonchev–Trinajstić information content (AvgIpc) is 2.65. The Bertz CT molecular complexity index is 1120. The second kappa shape index (κ2) is 6.97. The first-order valence-electron chi connectivity index (χ1n) is 10.6. The third-order valence-electron chi connectivity index (χ3n) is 7.53. The van der Waals surface area contributed by atoms with Gasteiger partial charge in [0.25, 0.3) is 0 Å². The molecule has 0 saturated heterocycles. The minimum absolute atomic E-state index is 1.11. The molecule has 0 aromatic heterocycles. The minimum atomic E-state index is 1.11. The van der Waals surface area contributed by atoms with Crippen LogP contribution in [-0.2, 0) is 6.42 Å². The highest BCUT2D eigenvalue weighted by Crippen LogP contribution is 2.33. The van der Waals surface area contributed by atoms with Gasteiger partial charge < -0.3 is 0 Å². The van der Waals surface area contributed by atoms with Crippen LogP contribution < -0.4 is 10.4 Å². The van der Waals surface area contributed by atoms with Gasteiger partial charge in [-0.15, -0.1) is 0 Å². The average molecular weight is 361 g/mol. The second-order valence-electron chi connectivity index (χ2n) is 8.62. The molecule has 0 atom stereocenters. The molecule has 3 rings (SSSR count). The summed E-state index contributed by atoms with van der Waals surface area (Å²) in [5, 5.41) is 6.12. The van der Waals surface area contributed by atoms with E-state index in [4.69, 9.17) is 0 Å². The number of aryl methyl sites for hydroxylation is 2. The topological polar surface area (TPSA) is 0 Å². The fourth-order valence-corrected chi connectivity index (χ4v) is 5.24. The van der Waals surface area contributed by atoms with Crippen molar-refractivity contribution in [2.24, 2.45) is 0 Å². The van der Waals surface area contributed by atoms with Gasteiger partial charge in [-0.3, -0.25) is 0 Å². The minimum Gasteiger partial charge on any atom is -0.0654 e. The van der Waals surface area contributed by atoms with Crippen molar-refractivity contribution in [1.29, 1.82) is 0 Å². The predicted octanol–water partition coefficient (Wildman–Crippen LogP) is 6.42. The van der Waals surface area contributed by atoms with Gasteiger partial charge in [-0.05, 0) is 140 Å². The Labute approximate surface area is 165 Å². The SMILES string of the molecule is CCC1=C(C)C(C)=c2c(C)c(C)c3c(C)c(C)c(C)/c(=C(\C)CC)c3c2C1. The van der Waals surface area contributed by atoms with Crippen molar-refractivity contribution in [3.05, 3.63) is 55.0 Å². The van der Waals surface area contributed by atoms with Crippen molar-refractivity contribution in [2.45, 2.75) is 88.5 Å². The van der Waals surface area contributed by atoms with E-state index in [1.54, 1.807) is 16.5 Å². The summed E-state index contributed by atoms with van der Waals surface area (Å²) in [6.45, 7) is 23.3. The zero-order chi connectivity index (χ0) is 20.2. The van der Waals surface area contributed by atoms with Crippen molar-refractivity contribution in [2.75, 3.05) is 0 Å². The molecule has 2 aromatic carbocycles. The summed E-state index contributed by atoms with van der Waals surface area (Å²) in [4.78, 5) is 0. The highest BCUT2D eigenvalue weighted by atomic mass is 14.3. The first-order chi connectivity index (χ1) is 12.7. The van der Waals surface area contributed by atoms with Gasteiger partial charge in [0, 0.05) is 0 Å². The van der Waals surface area contributed by atoms with Crippen LogP contribution in [0, 0.1) is 34.6 Å². The van der Waals surface area contributed by atoms with Crippen LogP contribution >= 0.6 is 0 Å². The smallest absolute Gasteiger partial charge is 0.00488 e. The largest absolute Gasteiger partial charge is 0.0654 e. The highest BCUT2D eigenvalue weighted by molar-refractivity contribution is 5.97. The third kappa shape index (κ3) is 2.72. The molecule has 0 fully saturated rings. The second-order valence-corrected chi connectivity index (χ2v) is 8.62. The van der Waals surface area contributed by atoms with Gasteiger partial charge in [-0.2, -0.15) is 0 Å². The lowest BCUT2D eigenvalue weighted by atomic mass is 9.78. The molecule has 0 bridgehead atoms. The van der Waals surface area contributed by atoms with Crippen molar-refractivity contribution >= 4 is 21.9 Å². The molecule has 0 aliphatic heterocycles. The van der Waals surface area contributed by atoms with Crippen molar-refractivity contribution < 1.29 is 0 Å². The van der Waals surface area contributed by atoms with Gasteiger partial charge in [0.1, 0.15) is 0 Å². The van der Waals surface area contributed by atoms with Crippen LogP contribution in [0.5, 0.6) is 0 Å². The van der Waals surface area contributed by atoms with E-state index in [2.05, 4.69) is 69.2 Å². The van der Waals surface area contributed by atoms with Crippen molar-refractivity contribution in [3.63, 3.8) is 0 Å². The summed E-state index contributed by atoms with van der Waals surface area (Å²) >= 11 is 0. The van der Waals surface area contributed by atoms with Crippen LogP contribution in [0.2, 0.25) is 0 Å². The first kappa shape index (κ1) is 19.9. The van der Waals surface area contributed by atoms with E-state index in [1.165, 1.54) is 60.4 Å². The number of hydrogen-bond acceptors (Lipinski definition) is 0. The molecular weight excluding hydrogens is 324 g/mol. The molecule has 27 heavy (non-hydrogen) atoms. The molecule has 0 spiro atoms. The molecule has 0 amide bonds. The summed E-state index contributed by atoms with van der Waals surface area (Å²) in [7, 11) is 0. The summed E-state index contributed by atoms with van der Waals surface area (Å²) in [5.74, 6) is 0. The molecule has 2 aromatic rings. The maximum absolute atomic E-state index is 2.34. The molecule has 144 valence electrons. The van der Waals surface area contributed by atoms with Gasteiger partial charge in [0.15, 0.2) is 0 Å². The van der Waals surface area contributed by atoms with E-state index in [-0.39, 0.29) is 0 Å². The van der Waals surface area contributed by atoms with Crippen LogP contribution in [-0.4, -0.2) is 0 Å². The number of fused-ring (bicyclic) bond motifs is 3. The zero-order valence-corrected chi connectivity index (χ0v) is 19.1. The lowest BCUT2D eigenvalue weighted by molar-refractivity contribution is 0.961. The maximum Gasteiger partial charge on any atom is -0.00488 e. The molecular formula is C27H36. The molecule has 1 aliphatic rings. The van der Waals surface area contributed by atoms with Crippen molar-refractivity contribution in [3.8, 4) is 0 Å². The van der Waals surface area contributed by atoms with E-state index >= 15 is 0 Å². The van der Waals surface area contributed by atoms with Gasteiger partial charge in [-0.1, -0.05) is 25.0 Å². The predicted molar refractivity (Wildman–Crippen MR) is 122 cm³/mol. The fraction of sp³-hybridized carbons (Fsp3) is 0.481. The normalized spacial score (nSPS) is 15.6. The van der Waals surface area contributed by atoms with E-state index in [0.29, 0.717) is 0 Å². The number of hydrogen-bond donors (Lipinski definition) is 0. The lowest BCUT2D eigenvalue weighted by Crippen LogP contribution is -2.28. The standard InChI is InChI=1S/C27H36/c1-11-14(3)24-17(6)15(4)18(7)26-21(10)20(9)25-19(8)16(5)22(12-2)13-23(25)27(24)26/h11-13H2,1-10H3/b24-14-. The molecule has 0 saturated carbocycles. The monoisotopic (exact) mass is 360 g/mol. The van der Waals surface area contributed by atoms with Gasteiger partial charge in [0.2, 0.25) is 0 Å². The van der Waals surface area contributed by atoms with Crippen LogP contribution in [0.4, 0.5) is 0 Å². The summed E-state index contributed by atoms with van der Waals surface area (Å²) in [6.07, 6.45) is 3.36. The van der Waals surface area contributed by atoms with Crippen molar-refractivity contribution in [1.82, 2.24) is 0 Å².